The normalized spacial score (nSPS) is 11.0. The van der Waals surface area contributed by atoms with Gasteiger partial charge < -0.3 is 9.88 Å². The van der Waals surface area contributed by atoms with E-state index in [4.69, 9.17) is 16.6 Å². The largest absolute Gasteiger partial charge is 0.324 e. The van der Waals surface area contributed by atoms with Gasteiger partial charge in [-0.15, -0.1) is 0 Å². The van der Waals surface area contributed by atoms with Gasteiger partial charge in [-0.25, -0.2) is 4.98 Å². The zero-order chi connectivity index (χ0) is 16.1. The Morgan fingerprint density at radius 2 is 1.78 bits per heavy atom. The lowest BCUT2D eigenvalue weighted by Gasteiger charge is -2.11. The van der Waals surface area contributed by atoms with Crippen LogP contribution in [-0.2, 0) is 6.54 Å². The summed E-state index contributed by atoms with van der Waals surface area (Å²) in [5.74, 6) is 0.857. The van der Waals surface area contributed by atoms with Gasteiger partial charge in [0.2, 0.25) is 5.95 Å². The third kappa shape index (κ3) is 3.67. The third-order valence-electron chi connectivity index (χ3n) is 4.01. The van der Waals surface area contributed by atoms with Crippen LogP contribution in [0.2, 0.25) is 5.02 Å². The molecule has 0 aliphatic rings. The van der Waals surface area contributed by atoms with Crippen LogP contribution in [-0.4, -0.2) is 9.55 Å². The maximum absolute atomic E-state index is 6.27. The average molecular weight is 328 g/mol. The van der Waals surface area contributed by atoms with Gasteiger partial charge >= 0.3 is 0 Å². The SMILES string of the molecule is CCCCCCn1c(Nc2ccccc2Cl)nc2ccccc21. The quantitative estimate of drug-likeness (QED) is 0.538. The third-order valence-corrected chi connectivity index (χ3v) is 4.34. The van der Waals surface area contributed by atoms with E-state index in [1.54, 1.807) is 0 Å². The van der Waals surface area contributed by atoms with Gasteiger partial charge in [-0.05, 0) is 30.7 Å². The van der Waals surface area contributed by atoms with Crippen LogP contribution in [0.1, 0.15) is 32.6 Å². The average Bonchev–Trinajstić information content (AvgIpc) is 2.91. The Balaban J connectivity index is 1.90. The molecular weight excluding hydrogens is 306 g/mol. The van der Waals surface area contributed by atoms with E-state index in [9.17, 15) is 0 Å². The molecule has 3 rings (SSSR count). The lowest BCUT2D eigenvalue weighted by molar-refractivity contribution is 0.595. The number of imidazole rings is 1. The van der Waals surface area contributed by atoms with Crippen molar-refractivity contribution < 1.29 is 0 Å². The molecule has 4 heteroatoms. The zero-order valence-corrected chi connectivity index (χ0v) is 14.2. The molecule has 0 saturated heterocycles. The van der Waals surface area contributed by atoms with Crippen LogP contribution < -0.4 is 5.32 Å². The Kier molecular flexibility index (Phi) is 5.19. The minimum atomic E-state index is 0.706. The molecule has 0 spiro atoms. The van der Waals surface area contributed by atoms with E-state index in [-0.39, 0.29) is 0 Å². The van der Waals surface area contributed by atoms with Crippen LogP contribution in [0.4, 0.5) is 11.6 Å². The van der Waals surface area contributed by atoms with Crippen molar-refractivity contribution in [2.45, 2.75) is 39.2 Å². The summed E-state index contributed by atoms with van der Waals surface area (Å²) in [4.78, 5) is 4.74. The molecule has 0 unspecified atom stereocenters. The first-order valence-corrected chi connectivity index (χ1v) is 8.64. The lowest BCUT2D eigenvalue weighted by atomic mass is 10.2. The van der Waals surface area contributed by atoms with E-state index in [2.05, 4.69) is 35.0 Å². The van der Waals surface area contributed by atoms with E-state index in [0.29, 0.717) is 5.02 Å². The first-order chi connectivity index (χ1) is 11.3. The second-order valence-electron chi connectivity index (χ2n) is 5.74. The Hall–Kier alpha value is -2.00. The van der Waals surface area contributed by atoms with Crippen LogP contribution in [0.25, 0.3) is 11.0 Å². The summed E-state index contributed by atoms with van der Waals surface area (Å²) in [6.07, 6.45) is 4.93. The number of hydrogen-bond donors (Lipinski definition) is 1. The molecule has 1 N–H and O–H groups in total. The number of nitrogens with zero attached hydrogens (tertiary/aromatic N) is 2. The maximum Gasteiger partial charge on any atom is 0.208 e. The standard InChI is InChI=1S/C19H22ClN3/c1-2-3-4-9-14-23-18-13-8-7-12-17(18)22-19(23)21-16-11-6-5-10-15(16)20/h5-8,10-13H,2-4,9,14H2,1H3,(H,21,22). The molecule has 2 aromatic carbocycles. The number of rotatable bonds is 7. The van der Waals surface area contributed by atoms with Gasteiger partial charge in [-0.2, -0.15) is 0 Å². The van der Waals surface area contributed by atoms with E-state index in [1.807, 2.05) is 30.3 Å². The van der Waals surface area contributed by atoms with Crippen molar-refractivity contribution in [1.82, 2.24) is 9.55 Å². The number of unbranched alkanes of at least 4 members (excludes halogenated alkanes) is 3. The predicted octanol–water partition coefficient (Wildman–Crippen LogP) is 6.01. The van der Waals surface area contributed by atoms with E-state index < -0.39 is 0 Å². The number of anilines is 2. The summed E-state index contributed by atoms with van der Waals surface area (Å²) in [7, 11) is 0. The summed E-state index contributed by atoms with van der Waals surface area (Å²) < 4.78 is 2.26. The number of hydrogen-bond acceptors (Lipinski definition) is 2. The van der Waals surface area contributed by atoms with Crippen LogP contribution in [0.3, 0.4) is 0 Å². The van der Waals surface area contributed by atoms with Crippen molar-refractivity contribution in [3.8, 4) is 0 Å². The van der Waals surface area contributed by atoms with Crippen molar-refractivity contribution in [3.63, 3.8) is 0 Å². The summed E-state index contributed by atoms with van der Waals surface area (Å²) in [6.45, 7) is 3.20. The number of fused-ring (bicyclic) bond motifs is 1. The topological polar surface area (TPSA) is 29.9 Å². The van der Waals surface area contributed by atoms with Crippen LogP contribution in [0.15, 0.2) is 48.5 Å². The number of para-hydroxylation sites is 3. The van der Waals surface area contributed by atoms with Crippen molar-refractivity contribution in [2.24, 2.45) is 0 Å². The van der Waals surface area contributed by atoms with Crippen LogP contribution in [0, 0.1) is 0 Å². The molecule has 0 amide bonds. The van der Waals surface area contributed by atoms with Crippen LogP contribution in [0.5, 0.6) is 0 Å². The molecule has 3 nitrogen and oxygen atoms in total. The molecule has 120 valence electrons. The van der Waals surface area contributed by atoms with E-state index >= 15 is 0 Å². The fourth-order valence-electron chi connectivity index (χ4n) is 2.78. The molecule has 3 aromatic rings. The molecule has 1 aromatic heterocycles. The van der Waals surface area contributed by atoms with Crippen molar-refractivity contribution in [1.29, 1.82) is 0 Å². The number of benzene rings is 2. The highest BCUT2D eigenvalue weighted by atomic mass is 35.5. The molecule has 0 radical (unpaired) electrons. The molecule has 1 heterocycles. The van der Waals surface area contributed by atoms with Gasteiger partial charge in [-0.3, -0.25) is 0 Å². The number of aromatic nitrogens is 2. The number of nitrogens with one attached hydrogen (secondary N) is 1. The molecule has 0 bridgehead atoms. The van der Waals surface area contributed by atoms with Gasteiger partial charge in [0.25, 0.3) is 0 Å². The van der Waals surface area contributed by atoms with Gasteiger partial charge in [0.1, 0.15) is 0 Å². The molecule has 23 heavy (non-hydrogen) atoms. The Bertz CT molecular complexity index is 779. The fraction of sp³-hybridized carbons (Fsp3) is 0.316. The molecule has 0 aliphatic heterocycles. The highest BCUT2D eigenvalue weighted by molar-refractivity contribution is 6.33. The number of aryl methyl sites for hydroxylation is 1. The Morgan fingerprint density at radius 1 is 1.00 bits per heavy atom. The van der Waals surface area contributed by atoms with Gasteiger partial charge in [0, 0.05) is 6.54 Å². The Morgan fingerprint density at radius 3 is 2.61 bits per heavy atom. The first-order valence-electron chi connectivity index (χ1n) is 8.26. The molecule has 0 aliphatic carbocycles. The van der Waals surface area contributed by atoms with E-state index in [0.717, 1.165) is 30.1 Å². The summed E-state index contributed by atoms with van der Waals surface area (Å²) in [6, 6.07) is 16.0. The monoisotopic (exact) mass is 327 g/mol. The maximum atomic E-state index is 6.27. The highest BCUT2D eigenvalue weighted by Crippen LogP contribution is 2.27. The predicted molar refractivity (Wildman–Crippen MR) is 98.6 cm³/mol. The van der Waals surface area contributed by atoms with Gasteiger partial charge in [0.05, 0.1) is 21.7 Å². The second kappa shape index (κ2) is 7.51. The summed E-state index contributed by atoms with van der Waals surface area (Å²) >= 11 is 6.27. The molecule has 0 atom stereocenters. The van der Waals surface area contributed by atoms with Crippen molar-refractivity contribution in [2.75, 3.05) is 5.32 Å². The molecule has 0 fully saturated rings. The highest BCUT2D eigenvalue weighted by Gasteiger charge is 2.11. The zero-order valence-electron chi connectivity index (χ0n) is 13.4. The van der Waals surface area contributed by atoms with Crippen molar-refractivity contribution >= 4 is 34.3 Å². The molecular formula is C19H22ClN3. The minimum absolute atomic E-state index is 0.706. The van der Waals surface area contributed by atoms with Crippen LogP contribution >= 0.6 is 11.6 Å². The summed E-state index contributed by atoms with van der Waals surface area (Å²) in [5, 5.41) is 4.10. The minimum Gasteiger partial charge on any atom is -0.324 e. The lowest BCUT2D eigenvalue weighted by Crippen LogP contribution is -2.04. The number of halogens is 1. The fourth-order valence-corrected chi connectivity index (χ4v) is 2.96. The van der Waals surface area contributed by atoms with Gasteiger partial charge in [-0.1, -0.05) is 62.1 Å². The summed E-state index contributed by atoms with van der Waals surface area (Å²) in [5.41, 5.74) is 3.07. The van der Waals surface area contributed by atoms with Gasteiger partial charge in [0.15, 0.2) is 0 Å². The smallest absolute Gasteiger partial charge is 0.208 e. The second-order valence-corrected chi connectivity index (χ2v) is 6.15. The van der Waals surface area contributed by atoms with Crippen molar-refractivity contribution in [3.05, 3.63) is 53.6 Å². The van der Waals surface area contributed by atoms with E-state index in [1.165, 1.54) is 24.8 Å². The first kappa shape index (κ1) is 15.9. The molecule has 0 saturated carbocycles. The Labute approximate surface area is 142 Å².